The van der Waals surface area contributed by atoms with Gasteiger partial charge in [0.05, 0.1) is 12.7 Å². The molecule has 0 heterocycles. The second-order valence-corrected chi connectivity index (χ2v) is 12.6. The average Bonchev–Trinajstić information content (AvgIpc) is 2.80. The number of ether oxygens (including phenoxy) is 1. The van der Waals surface area contributed by atoms with Crippen molar-refractivity contribution in [3.63, 3.8) is 0 Å². The van der Waals surface area contributed by atoms with Crippen molar-refractivity contribution in [3.8, 4) is 0 Å². The van der Waals surface area contributed by atoms with Crippen LogP contribution in [0.1, 0.15) is 85.5 Å². The maximum absolute atomic E-state index is 13.1. The molecule has 0 amide bonds. The molecule has 0 N–H and O–H groups in total. The molecule has 3 fully saturated rings. The normalized spacial score (nSPS) is 37.1. The van der Waals surface area contributed by atoms with Crippen LogP contribution in [0.5, 0.6) is 0 Å². The van der Waals surface area contributed by atoms with Crippen molar-refractivity contribution in [1.29, 1.82) is 0 Å². The molecular weight excluding hydrogens is 392 g/mol. The molecule has 5 unspecified atom stereocenters. The van der Waals surface area contributed by atoms with E-state index in [1.165, 1.54) is 29.6 Å². The van der Waals surface area contributed by atoms with Crippen molar-refractivity contribution in [1.82, 2.24) is 0 Å². The highest BCUT2D eigenvalue weighted by molar-refractivity contribution is 5.96. The van der Waals surface area contributed by atoms with Crippen LogP contribution in [0.25, 0.3) is 0 Å². The number of ketones is 1. The van der Waals surface area contributed by atoms with Crippen LogP contribution in [0, 0.1) is 34.5 Å². The zero-order valence-corrected chi connectivity index (χ0v) is 21.0. The summed E-state index contributed by atoms with van der Waals surface area (Å²) in [7, 11) is 0. The van der Waals surface area contributed by atoms with Gasteiger partial charge >= 0.3 is 0 Å². The third kappa shape index (κ3) is 4.49. The lowest BCUT2D eigenvalue weighted by molar-refractivity contribution is -0.121. The topological polar surface area (TPSA) is 26.3 Å². The van der Waals surface area contributed by atoms with E-state index in [-0.39, 0.29) is 17.3 Å². The number of Topliss-reactive ketones (excluding diaryl/α,β-unsaturated/α-hetero) is 1. The molecule has 176 valence electrons. The van der Waals surface area contributed by atoms with E-state index in [9.17, 15) is 4.79 Å². The molecule has 2 heteroatoms. The van der Waals surface area contributed by atoms with E-state index in [1.807, 2.05) is 0 Å². The Balaban J connectivity index is 1.40. The van der Waals surface area contributed by atoms with Gasteiger partial charge in [-0.2, -0.15) is 0 Å². The first-order chi connectivity index (χ1) is 15.0. The quantitative estimate of drug-likeness (QED) is 0.336. The first-order valence-corrected chi connectivity index (χ1v) is 12.9. The molecule has 0 bridgehead atoms. The van der Waals surface area contributed by atoms with Crippen LogP contribution >= 0.6 is 0 Å². The molecule has 0 saturated heterocycles. The van der Waals surface area contributed by atoms with Crippen molar-refractivity contribution < 1.29 is 9.53 Å². The summed E-state index contributed by atoms with van der Waals surface area (Å²) in [5.41, 5.74) is 5.47. The molecule has 0 spiro atoms. The SMILES string of the molecule is C=C1C(=O)CC2C(CC2(C)C)C(=C)CCC1OCC1=CCCC(=C)C2CC(C)(C)C2CC1. The Labute approximate surface area is 196 Å². The fourth-order valence-electron chi connectivity index (χ4n) is 7.16. The van der Waals surface area contributed by atoms with Gasteiger partial charge in [0.15, 0.2) is 5.78 Å². The predicted octanol–water partition coefficient (Wildman–Crippen LogP) is 7.62. The number of carbonyl (C=O) groups is 1. The van der Waals surface area contributed by atoms with Gasteiger partial charge in [0, 0.05) is 12.0 Å². The molecule has 5 atom stereocenters. The van der Waals surface area contributed by atoms with E-state index < -0.39 is 0 Å². The second kappa shape index (κ2) is 8.75. The molecular formula is C30H44O2. The average molecular weight is 437 g/mol. The van der Waals surface area contributed by atoms with Crippen LogP contribution in [-0.4, -0.2) is 18.5 Å². The molecule has 0 aromatic heterocycles. The largest absolute Gasteiger partial charge is 0.369 e. The van der Waals surface area contributed by atoms with Crippen LogP contribution in [0.2, 0.25) is 0 Å². The number of hydrogen-bond donors (Lipinski definition) is 0. The Morgan fingerprint density at radius 1 is 0.906 bits per heavy atom. The van der Waals surface area contributed by atoms with Gasteiger partial charge in [0.1, 0.15) is 0 Å². The van der Waals surface area contributed by atoms with Crippen LogP contribution in [0.15, 0.2) is 48.1 Å². The summed E-state index contributed by atoms with van der Waals surface area (Å²) in [6.07, 6.45) is 11.4. The first kappa shape index (κ1) is 23.7. The Morgan fingerprint density at radius 3 is 2.19 bits per heavy atom. The summed E-state index contributed by atoms with van der Waals surface area (Å²) in [5, 5.41) is 0. The Bertz CT molecular complexity index is 839. The van der Waals surface area contributed by atoms with Crippen molar-refractivity contribution in [2.24, 2.45) is 34.5 Å². The molecule has 2 nitrogen and oxygen atoms in total. The van der Waals surface area contributed by atoms with Crippen LogP contribution in [0.3, 0.4) is 0 Å². The summed E-state index contributed by atoms with van der Waals surface area (Å²) < 4.78 is 6.43. The molecule has 0 aromatic carbocycles. The van der Waals surface area contributed by atoms with Crippen LogP contribution < -0.4 is 0 Å². The lowest BCUT2D eigenvalue weighted by atomic mass is 9.52. The molecule has 4 aliphatic rings. The number of carbonyl (C=O) groups excluding carboxylic acids is 1. The molecule has 32 heavy (non-hydrogen) atoms. The number of rotatable bonds is 3. The minimum Gasteiger partial charge on any atom is -0.369 e. The Morgan fingerprint density at radius 2 is 1.53 bits per heavy atom. The van der Waals surface area contributed by atoms with Crippen molar-refractivity contribution in [2.75, 3.05) is 6.61 Å². The summed E-state index contributed by atoms with van der Waals surface area (Å²) in [6, 6.07) is 0. The molecule has 4 rings (SSSR count). The number of hydrogen-bond acceptors (Lipinski definition) is 2. The highest BCUT2D eigenvalue weighted by Crippen LogP contribution is 2.57. The van der Waals surface area contributed by atoms with Crippen molar-refractivity contribution >= 4 is 5.78 Å². The zero-order valence-electron chi connectivity index (χ0n) is 21.0. The fraction of sp³-hybridized carbons (Fsp3) is 0.700. The van der Waals surface area contributed by atoms with Gasteiger partial charge in [-0.3, -0.25) is 4.79 Å². The monoisotopic (exact) mass is 436 g/mol. The summed E-state index contributed by atoms with van der Waals surface area (Å²) in [6.45, 7) is 23.0. The minimum atomic E-state index is -0.184. The number of fused-ring (bicyclic) bond motifs is 2. The zero-order chi connectivity index (χ0) is 23.3. The minimum absolute atomic E-state index is 0.184. The predicted molar refractivity (Wildman–Crippen MR) is 133 cm³/mol. The summed E-state index contributed by atoms with van der Waals surface area (Å²) in [4.78, 5) is 13.1. The summed E-state index contributed by atoms with van der Waals surface area (Å²) in [5.74, 6) is 2.54. The van der Waals surface area contributed by atoms with E-state index in [0.717, 1.165) is 44.4 Å². The molecule has 0 aliphatic heterocycles. The maximum Gasteiger partial charge on any atom is 0.161 e. The van der Waals surface area contributed by atoms with Gasteiger partial charge in [-0.25, -0.2) is 0 Å². The lowest BCUT2D eigenvalue weighted by Crippen LogP contribution is -2.45. The Hall–Kier alpha value is -1.41. The van der Waals surface area contributed by atoms with Gasteiger partial charge < -0.3 is 4.74 Å². The van der Waals surface area contributed by atoms with Crippen LogP contribution in [-0.2, 0) is 9.53 Å². The van der Waals surface area contributed by atoms with Gasteiger partial charge in [-0.05, 0) is 91.4 Å². The fourth-order valence-corrected chi connectivity index (χ4v) is 7.16. The van der Waals surface area contributed by atoms with Gasteiger partial charge in [-0.15, -0.1) is 0 Å². The van der Waals surface area contributed by atoms with Crippen LogP contribution in [0.4, 0.5) is 0 Å². The van der Waals surface area contributed by atoms with E-state index in [2.05, 4.69) is 53.5 Å². The molecule has 0 aromatic rings. The highest BCUT2D eigenvalue weighted by Gasteiger charge is 2.50. The molecule has 3 saturated carbocycles. The van der Waals surface area contributed by atoms with Crippen molar-refractivity contribution in [2.45, 2.75) is 91.6 Å². The van der Waals surface area contributed by atoms with Gasteiger partial charge in [0.25, 0.3) is 0 Å². The van der Waals surface area contributed by atoms with Gasteiger partial charge in [0.2, 0.25) is 0 Å². The summed E-state index contributed by atoms with van der Waals surface area (Å²) >= 11 is 0. The van der Waals surface area contributed by atoms with E-state index in [1.54, 1.807) is 0 Å². The lowest BCUT2D eigenvalue weighted by Gasteiger charge is -2.53. The standard InChI is InChI=1S/C30H44O2/c1-19-9-8-10-22(12-13-25-23(19)16-29(25,4)5)18-32-28-14-11-20(2)24-17-30(6,7)26(24)15-27(31)21(28)3/h10,23-26,28H,1-3,8-9,11-18H2,4-7H3. The smallest absolute Gasteiger partial charge is 0.161 e. The molecule has 0 radical (unpaired) electrons. The van der Waals surface area contributed by atoms with E-state index in [0.29, 0.717) is 41.8 Å². The molecule has 4 aliphatic carbocycles. The highest BCUT2D eigenvalue weighted by atomic mass is 16.5. The van der Waals surface area contributed by atoms with E-state index in [4.69, 9.17) is 4.74 Å². The van der Waals surface area contributed by atoms with Crippen molar-refractivity contribution in [3.05, 3.63) is 48.1 Å². The second-order valence-electron chi connectivity index (χ2n) is 12.6. The number of allylic oxidation sites excluding steroid dienone is 3. The Kier molecular flexibility index (Phi) is 6.49. The third-order valence-electron chi connectivity index (χ3n) is 9.54. The maximum atomic E-state index is 13.1. The van der Waals surface area contributed by atoms with Gasteiger partial charge in [-0.1, -0.05) is 64.7 Å². The third-order valence-corrected chi connectivity index (χ3v) is 9.54. The first-order valence-electron chi connectivity index (χ1n) is 12.9. The van der Waals surface area contributed by atoms with E-state index >= 15 is 0 Å².